The Morgan fingerprint density at radius 1 is 1.48 bits per heavy atom. The van der Waals surface area contributed by atoms with Crippen molar-refractivity contribution in [1.29, 1.82) is 0 Å². The third-order valence-corrected chi connectivity index (χ3v) is 4.24. The predicted molar refractivity (Wildman–Crippen MR) is 81.8 cm³/mol. The van der Waals surface area contributed by atoms with Gasteiger partial charge < -0.3 is 15.3 Å². The fourth-order valence-electron chi connectivity index (χ4n) is 2.61. The highest BCUT2D eigenvalue weighted by Gasteiger charge is 2.33. The number of aliphatic hydroxyl groups excluding tert-OH is 1. The SMILES string of the molecule is CC(=O)c1ccc(NC(=O)N2CC[C@H](C)[C@@H]2CO)cc1Cl. The molecule has 0 unspecified atom stereocenters. The van der Waals surface area contributed by atoms with E-state index in [-0.39, 0.29) is 30.4 Å². The van der Waals surface area contributed by atoms with E-state index in [4.69, 9.17) is 11.6 Å². The molecule has 6 heteroatoms. The van der Waals surface area contributed by atoms with Gasteiger partial charge in [0.15, 0.2) is 5.78 Å². The summed E-state index contributed by atoms with van der Waals surface area (Å²) < 4.78 is 0. The van der Waals surface area contributed by atoms with Gasteiger partial charge in [-0.3, -0.25) is 4.79 Å². The van der Waals surface area contributed by atoms with Crippen molar-refractivity contribution in [1.82, 2.24) is 4.90 Å². The molecule has 2 atom stereocenters. The maximum atomic E-state index is 12.3. The number of carbonyl (C=O) groups is 2. The van der Waals surface area contributed by atoms with E-state index in [1.54, 1.807) is 23.1 Å². The van der Waals surface area contributed by atoms with Crippen molar-refractivity contribution in [3.05, 3.63) is 28.8 Å². The fraction of sp³-hybridized carbons (Fsp3) is 0.467. The maximum absolute atomic E-state index is 12.3. The molecule has 2 amide bonds. The van der Waals surface area contributed by atoms with Gasteiger partial charge in [-0.25, -0.2) is 4.79 Å². The Morgan fingerprint density at radius 2 is 2.19 bits per heavy atom. The molecule has 1 aromatic rings. The molecule has 0 spiro atoms. The summed E-state index contributed by atoms with van der Waals surface area (Å²) in [5.41, 5.74) is 0.962. The van der Waals surface area contributed by atoms with Gasteiger partial charge in [-0.1, -0.05) is 18.5 Å². The molecular formula is C15H19ClN2O3. The van der Waals surface area contributed by atoms with Gasteiger partial charge in [0.1, 0.15) is 0 Å². The zero-order valence-electron chi connectivity index (χ0n) is 12.1. The summed E-state index contributed by atoms with van der Waals surface area (Å²) in [4.78, 5) is 25.2. The highest BCUT2D eigenvalue weighted by Crippen LogP contribution is 2.26. The molecule has 5 nitrogen and oxygen atoms in total. The van der Waals surface area contributed by atoms with Gasteiger partial charge in [0.25, 0.3) is 0 Å². The van der Waals surface area contributed by atoms with E-state index >= 15 is 0 Å². The first kappa shape index (κ1) is 15.8. The number of likely N-dealkylation sites (tertiary alicyclic amines) is 1. The molecule has 0 aromatic heterocycles. The Labute approximate surface area is 128 Å². The molecule has 0 aliphatic carbocycles. The number of anilines is 1. The topological polar surface area (TPSA) is 69.6 Å². The van der Waals surface area contributed by atoms with E-state index in [9.17, 15) is 14.7 Å². The number of hydrogen-bond donors (Lipinski definition) is 2. The molecule has 1 aromatic carbocycles. The Kier molecular flexibility index (Phi) is 4.85. The van der Waals surface area contributed by atoms with E-state index in [1.165, 1.54) is 6.92 Å². The van der Waals surface area contributed by atoms with Crippen LogP contribution in [0.5, 0.6) is 0 Å². The molecule has 0 radical (unpaired) electrons. The number of urea groups is 1. The number of benzene rings is 1. The van der Waals surface area contributed by atoms with Gasteiger partial charge in [0, 0.05) is 17.8 Å². The number of halogens is 1. The Morgan fingerprint density at radius 3 is 2.76 bits per heavy atom. The van der Waals surface area contributed by atoms with Crippen LogP contribution >= 0.6 is 11.6 Å². The van der Waals surface area contributed by atoms with Crippen molar-refractivity contribution in [2.24, 2.45) is 5.92 Å². The number of nitrogens with zero attached hydrogens (tertiary/aromatic N) is 1. The quantitative estimate of drug-likeness (QED) is 0.843. The lowest BCUT2D eigenvalue weighted by atomic mass is 10.0. The number of amides is 2. The van der Waals surface area contributed by atoms with Gasteiger partial charge >= 0.3 is 6.03 Å². The zero-order chi connectivity index (χ0) is 15.6. The normalized spacial score (nSPS) is 21.4. The Hall–Kier alpha value is -1.59. The highest BCUT2D eigenvalue weighted by molar-refractivity contribution is 6.34. The minimum absolute atomic E-state index is 0.0430. The van der Waals surface area contributed by atoms with Crippen molar-refractivity contribution in [2.45, 2.75) is 26.3 Å². The fourth-order valence-corrected chi connectivity index (χ4v) is 2.93. The summed E-state index contributed by atoms with van der Waals surface area (Å²) in [5.74, 6) is 0.163. The van der Waals surface area contributed by atoms with Crippen LogP contribution in [0.1, 0.15) is 30.6 Å². The second-order valence-electron chi connectivity index (χ2n) is 5.39. The summed E-state index contributed by atoms with van der Waals surface area (Å²) in [5, 5.41) is 12.5. The summed E-state index contributed by atoms with van der Waals surface area (Å²) in [6.07, 6.45) is 0.878. The van der Waals surface area contributed by atoms with E-state index in [0.29, 0.717) is 22.8 Å². The Balaban J connectivity index is 2.10. The highest BCUT2D eigenvalue weighted by atomic mass is 35.5. The Bertz CT molecular complexity index is 562. The second-order valence-corrected chi connectivity index (χ2v) is 5.80. The molecule has 2 rings (SSSR count). The van der Waals surface area contributed by atoms with Crippen molar-refractivity contribution < 1.29 is 14.7 Å². The second kappa shape index (κ2) is 6.45. The molecule has 1 aliphatic rings. The van der Waals surface area contributed by atoms with Crippen LogP contribution in [0, 0.1) is 5.92 Å². The summed E-state index contributed by atoms with van der Waals surface area (Å²) in [6.45, 7) is 4.04. The average molecular weight is 311 g/mol. The van der Waals surface area contributed by atoms with Crippen LogP contribution in [0.3, 0.4) is 0 Å². The first-order valence-corrected chi connectivity index (χ1v) is 7.30. The third-order valence-electron chi connectivity index (χ3n) is 3.93. The monoisotopic (exact) mass is 310 g/mol. The van der Waals surface area contributed by atoms with Crippen LogP contribution in [-0.4, -0.2) is 41.0 Å². The van der Waals surface area contributed by atoms with Crippen LogP contribution in [0.4, 0.5) is 10.5 Å². The molecular weight excluding hydrogens is 292 g/mol. The van der Waals surface area contributed by atoms with Gasteiger partial charge in [-0.15, -0.1) is 0 Å². The molecule has 0 saturated carbocycles. The smallest absolute Gasteiger partial charge is 0.322 e. The van der Waals surface area contributed by atoms with E-state index < -0.39 is 0 Å². The number of aliphatic hydroxyl groups is 1. The van der Waals surface area contributed by atoms with Crippen molar-refractivity contribution >= 4 is 29.1 Å². The lowest BCUT2D eigenvalue weighted by Crippen LogP contribution is -2.42. The molecule has 0 bridgehead atoms. The molecule has 2 N–H and O–H groups in total. The number of carbonyl (C=O) groups excluding carboxylic acids is 2. The standard InChI is InChI=1S/C15H19ClN2O3/c1-9-5-6-18(14(9)8-19)15(21)17-11-3-4-12(10(2)20)13(16)7-11/h3-4,7,9,14,19H,5-6,8H2,1-2H3,(H,17,21)/t9-,14-/m0/s1. The summed E-state index contributed by atoms with van der Waals surface area (Å²) in [7, 11) is 0. The molecule has 1 heterocycles. The van der Waals surface area contributed by atoms with E-state index in [0.717, 1.165) is 6.42 Å². The van der Waals surface area contributed by atoms with Crippen LogP contribution in [0.2, 0.25) is 5.02 Å². The van der Waals surface area contributed by atoms with Gasteiger partial charge in [-0.2, -0.15) is 0 Å². The molecule has 1 aliphatic heterocycles. The number of Topliss-reactive ketones (excluding diaryl/α,β-unsaturated/α-hetero) is 1. The van der Waals surface area contributed by atoms with Crippen molar-refractivity contribution in [3.8, 4) is 0 Å². The molecule has 114 valence electrons. The number of rotatable bonds is 3. The molecule has 21 heavy (non-hydrogen) atoms. The summed E-state index contributed by atoms with van der Waals surface area (Å²) in [6, 6.07) is 4.38. The molecule has 1 fully saturated rings. The lowest BCUT2D eigenvalue weighted by Gasteiger charge is -2.25. The van der Waals surface area contributed by atoms with Crippen LogP contribution in [-0.2, 0) is 0 Å². The molecule has 1 saturated heterocycles. The number of nitrogens with one attached hydrogen (secondary N) is 1. The van der Waals surface area contributed by atoms with Gasteiger partial charge in [-0.05, 0) is 37.5 Å². The van der Waals surface area contributed by atoms with Crippen LogP contribution in [0.25, 0.3) is 0 Å². The summed E-state index contributed by atoms with van der Waals surface area (Å²) >= 11 is 6.02. The minimum atomic E-state index is -0.259. The first-order chi connectivity index (χ1) is 9.93. The van der Waals surface area contributed by atoms with E-state index in [2.05, 4.69) is 5.32 Å². The minimum Gasteiger partial charge on any atom is -0.394 e. The van der Waals surface area contributed by atoms with Crippen molar-refractivity contribution in [3.63, 3.8) is 0 Å². The maximum Gasteiger partial charge on any atom is 0.322 e. The number of hydrogen-bond acceptors (Lipinski definition) is 3. The number of ketones is 1. The largest absolute Gasteiger partial charge is 0.394 e. The lowest BCUT2D eigenvalue weighted by molar-refractivity contribution is 0.101. The van der Waals surface area contributed by atoms with Gasteiger partial charge in [0.05, 0.1) is 17.7 Å². The zero-order valence-corrected chi connectivity index (χ0v) is 12.9. The predicted octanol–water partition coefficient (Wildman–Crippen LogP) is 2.78. The van der Waals surface area contributed by atoms with Crippen LogP contribution < -0.4 is 5.32 Å². The van der Waals surface area contributed by atoms with Crippen molar-refractivity contribution in [2.75, 3.05) is 18.5 Å². The third kappa shape index (κ3) is 3.36. The van der Waals surface area contributed by atoms with E-state index in [1.807, 2.05) is 6.92 Å². The average Bonchev–Trinajstić information content (AvgIpc) is 2.79. The van der Waals surface area contributed by atoms with Crippen LogP contribution in [0.15, 0.2) is 18.2 Å². The van der Waals surface area contributed by atoms with Gasteiger partial charge in [0.2, 0.25) is 0 Å². The first-order valence-electron chi connectivity index (χ1n) is 6.93.